The predicted octanol–water partition coefficient (Wildman–Crippen LogP) is 3.41. The maximum atomic E-state index is 13.1. The Morgan fingerprint density at radius 2 is 2.00 bits per heavy atom. The molecule has 152 valence electrons. The van der Waals surface area contributed by atoms with E-state index in [1.165, 1.54) is 12.3 Å². The normalized spacial score (nSPS) is 11.3. The second-order valence-electron chi connectivity index (χ2n) is 6.27. The maximum Gasteiger partial charge on any atom is 0.435 e. The van der Waals surface area contributed by atoms with Crippen LogP contribution in [-0.4, -0.2) is 25.9 Å². The molecule has 0 saturated heterocycles. The lowest BCUT2D eigenvalue weighted by atomic mass is 10.2. The van der Waals surface area contributed by atoms with Crippen LogP contribution in [-0.2, 0) is 19.3 Å². The number of hydrogen-bond donors (Lipinski definition) is 3. The molecule has 3 N–H and O–H groups in total. The van der Waals surface area contributed by atoms with E-state index in [-0.39, 0.29) is 18.8 Å². The average Bonchev–Trinajstić information content (AvgIpc) is 3.12. The molecule has 2 aromatic heterocycles. The molecular weight excluding hydrogens is 387 g/mol. The van der Waals surface area contributed by atoms with Crippen molar-refractivity contribution in [3.05, 3.63) is 71.3 Å². The average molecular weight is 405 g/mol. The van der Waals surface area contributed by atoms with Gasteiger partial charge in [0.1, 0.15) is 0 Å². The lowest BCUT2D eigenvalue weighted by Crippen LogP contribution is -2.29. The van der Waals surface area contributed by atoms with E-state index in [2.05, 4.69) is 20.7 Å². The summed E-state index contributed by atoms with van der Waals surface area (Å²) in [6.07, 6.45) is -3.24. The van der Waals surface area contributed by atoms with Crippen LogP contribution in [0.2, 0.25) is 0 Å². The zero-order chi connectivity index (χ0) is 21.0. The largest absolute Gasteiger partial charge is 0.435 e. The Morgan fingerprint density at radius 3 is 2.62 bits per heavy atom. The Balaban J connectivity index is 1.76. The quantitative estimate of drug-likeness (QED) is 0.607. The summed E-state index contributed by atoms with van der Waals surface area (Å²) in [5.74, 6) is 0. The molecule has 0 radical (unpaired) electrons. The number of aryl methyl sites for hydroxylation is 1. The molecule has 0 bridgehead atoms. The van der Waals surface area contributed by atoms with Gasteiger partial charge in [0.25, 0.3) is 0 Å². The first-order chi connectivity index (χ1) is 13.8. The van der Waals surface area contributed by atoms with Gasteiger partial charge in [-0.25, -0.2) is 9.48 Å². The van der Waals surface area contributed by atoms with Gasteiger partial charge in [-0.1, -0.05) is 12.1 Å². The fourth-order valence-electron chi connectivity index (χ4n) is 2.61. The van der Waals surface area contributed by atoms with Crippen molar-refractivity contribution in [3.8, 4) is 5.69 Å². The highest BCUT2D eigenvalue weighted by Gasteiger charge is 2.35. The summed E-state index contributed by atoms with van der Waals surface area (Å²) in [7, 11) is 0. The molecule has 0 unspecified atom stereocenters. The fraction of sp³-hybridized carbons (Fsp3) is 0.211. The summed E-state index contributed by atoms with van der Waals surface area (Å²) in [6, 6.07) is 10.2. The smallest absolute Gasteiger partial charge is 0.390 e. The van der Waals surface area contributed by atoms with Gasteiger partial charge in [-0.15, -0.1) is 0 Å². The Morgan fingerprint density at radius 1 is 1.21 bits per heavy atom. The van der Waals surface area contributed by atoms with Gasteiger partial charge in [-0.3, -0.25) is 4.98 Å². The van der Waals surface area contributed by atoms with E-state index < -0.39 is 17.9 Å². The Labute approximate surface area is 164 Å². The molecule has 0 aliphatic carbocycles. The SMILES string of the molecule is Cc1cccc(-n2nc(C(F)(F)F)cc2CNC(=O)Nc2ccc(CO)nc2)c1. The number of carbonyl (C=O) groups is 1. The number of pyridine rings is 1. The molecular formula is C19H18F3N5O2. The minimum absolute atomic E-state index is 0.173. The van der Waals surface area contributed by atoms with Gasteiger partial charge < -0.3 is 15.7 Å². The van der Waals surface area contributed by atoms with E-state index >= 15 is 0 Å². The van der Waals surface area contributed by atoms with Crippen LogP contribution >= 0.6 is 0 Å². The van der Waals surface area contributed by atoms with Crippen LogP contribution in [0.4, 0.5) is 23.7 Å². The first-order valence-electron chi connectivity index (χ1n) is 8.60. The van der Waals surface area contributed by atoms with Crippen LogP contribution in [0.1, 0.15) is 22.6 Å². The highest BCUT2D eigenvalue weighted by atomic mass is 19.4. The van der Waals surface area contributed by atoms with Crippen LogP contribution in [0.3, 0.4) is 0 Å². The van der Waals surface area contributed by atoms with E-state index in [0.717, 1.165) is 16.3 Å². The fourth-order valence-corrected chi connectivity index (χ4v) is 2.61. The van der Waals surface area contributed by atoms with Crippen molar-refractivity contribution in [1.82, 2.24) is 20.1 Å². The van der Waals surface area contributed by atoms with Crippen molar-refractivity contribution >= 4 is 11.7 Å². The number of urea groups is 1. The number of nitrogens with one attached hydrogen (secondary N) is 2. The third kappa shape index (κ3) is 5.11. The molecule has 7 nitrogen and oxygen atoms in total. The number of benzene rings is 1. The third-order valence-corrected chi connectivity index (χ3v) is 3.99. The van der Waals surface area contributed by atoms with Crippen LogP contribution in [0.15, 0.2) is 48.7 Å². The van der Waals surface area contributed by atoms with Crippen molar-refractivity contribution in [2.45, 2.75) is 26.3 Å². The highest BCUT2D eigenvalue weighted by molar-refractivity contribution is 5.88. The monoisotopic (exact) mass is 405 g/mol. The van der Waals surface area contributed by atoms with E-state index in [9.17, 15) is 18.0 Å². The van der Waals surface area contributed by atoms with Crippen molar-refractivity contribution in [3.63, 3.8) is 0 Å². The molecule has 0 atom stereocenters. The molecule has 10 heteroatoms. The molecule has 3 aromatic rings. The summed E-state index contributed by atoms with van der Waals surface area (Å²) in [4.78, 5) is 16.0. The zero-order valence-corrected chi connectivity index (χ0v) is 15.4. The van der Waals surface area contributed by atoms with Gasteiger partial charge in [-0.05, 0) is 42.8 Å². The Bertz CT molecular complexity index is 1000. The topological polar surface area (TPSA) is 92.1 Å². The number of aliphatic hydroxyl groups is 1. The first kappa shape index (κ1) is 20.3. The summed E-state index contributed by atoms with van der Waals surface area (Å²) < 4.78 is 40.5. The van der Waals surface area contributed by atoms with Crippen LogP contribution in [0.25, 0.3) is 5.69 Å². The third-order valence-electron chi connectivity index (χ3n) is 3.99. The molecule has 0 aliphatic heterocycles. The number of hydrogen-bond acceptors (Lipinski definition) is 4. The summed E-state index contributed by atoms with van der Waals surface area (Å²) in [6.45, 7) is 1.42. The van der Waals surface area contributed by atoms with E-state index in [1.807, 2.05) is 13.0 Å². The number of amides is 2. The van der Waals surface area contributed by atoms with Gasteiger partial charge in [0.2, 0.25) is 0 Å². The molecule has 3 rings (SSSR count). The summed E-state index contributed by atoms with van der Waals surface area (Å²) in [5.41, 5.74) is 1.27. The maximum absolute atomic E-state index is 13.1. The Hall–Kier alpha value is -3.40. The number of alkyl halides is 3. The van der Waals surface area contributed by atoms with E-state index in [0.29, 0.717) is 17.1 Å². The van der Waals surface area contributed by atoms with Gasteiger partial charge in [0.15, 0.2) is 5.69 Å². The first-order valence-corrected chi connectivity index (χ1v) is 8.60. The van der Waals surface area contributed by atoms with E-state index in [1.54, 1.807) is 24.3 Å². The van der Waals surface area contributed by atoms with Crippen molar-refractivity contribution in [2.24, 2.45) is 0 Å². The number of aliphatic hydroxyl groups excluding tert-OH is 1. The molecule has 2 heterocycles. The van der Waals surface area contributed by atoms with E-state index in [4.69, 9.17) is 5.11 Å². The number of anilines is 1. The van der Waals surface area contributed by atoms with Gasteiger partial charge in [-0.2, -0.15) is 18.3 Å². The number of halogens is 3. The standard InChI is InChI=1S/C19H18F3N5O2/c1-12-3-2-4-15(7-12)27-16(8-17(26-27)19(20,21)22)10-24-18(29)25-13-5-6-14(11-28)23-9-13/h2-9,28H,10-11H2,1H3,(H2,24,25,29). The highest BCUT2D eigenvalue weighted by Crippen LogP contribution is 2.29. The number of nitrogens with zero attached hydrogens (tertiary/aromatic N) is 3. The summed E-state index contributed by atoms with van der Waals surface area (Å²) in [5, 5.41) is 17.7. The number of rotatable bonds is 5. The minimum Gasteiger partial charge on any atom is -0.390 e. The van der Waals surface area contributed by atoms with Gasteiger partial charge >= 0.3 is 12.2 Å². The van der Waals surface area contributed by atoms with Crippen molar-refractivity contribution in [1.29, 1.82) is 0 Å². The molecule has 1 aromatic carbocycles. The second kappa shape index (κ2) is 8.31. The lowest BCUT2D eigenvalue weighted by molar-refractivity contribution is -0.141. The molecule has 0 spiro atoms. The van der Waals surface area contributed by atoms with Crippen LogP contribution in [0, 0.1) is 6.92 Å². The lowest BCUT2D eigenvalue weighted by Gasteiger charge is -2.10. The molecule has 29 heavy (non-hydrogen) atoms. The predicted molar refractivity (Wildman–Crippen MR) is 99.3 cm³/mol. The van der Waals surface area contributed by atoms with Crippen molar-refractivity contribution < 1.29 is 23.1 Å². The van der Waals surface area contributed by atoms with Gasteiger partial charge in [0, 0.05) is 0 Å². The molecule has 2 amide bonds. The Kier molecular flexibility index (Phi) is 5.83. The minimum atomic E-state index is -4.60. The second-order valence-corrected chi connectivity index (χ2v) is 6.27. The summed E-state index contributed by atoms with van der Waals surface area (Å²) >= 11 is 0. The molecule has 0 fully saturated rings. The van der Waals surface area contributed by atoms with Crippen molar-refractivity contribution in [2.75, 3.05) is 5.32 Å². The zero-order valence-electron chi connectivity index (χ0n) is 15.4. The number of carbonyl (C=O) groups excluding carboxylic acids is 1. The van der Waals surface area contributed by atoms with Crippen LogP contribution in [0.5, 0.6) is 0 Å². The van der Waals surface area contributed by atoms with Crippen LogP contribution < -0.4 is 10.6 Å². The molecule has 0 saturated carbocycles. The van der Waals surface area contributed by atoms with Gasteiger partial charge in [0.05, 0.1) is 42.1 Å². The number of aromatic nitrogens is 3. The molecule has 0 aliphatic rings.